The molecule has 5 N–H and O–H groups in total. The van der Waals surface area contributed by atoms with E-state index in [-0.39, 0.29) is 18.6 Å². The van der Waals surface area contributed by atoms with Gasteiger partial charge in [0, 0.05) is 13.7 Å². The molecule has 0 aliphatic carbocycles. The first-order valence-electron chi connectivity index (χ1n) is 5.68. The average molecular weight is 248 g/mol. The lowest BCUT2D eigenvalue weighted by Gasteiger charge is -2.35. The van der Waals surface area contributed by atoms with Crippen LogP contribution in [0.2, 0.25) is 0 Å². The molecule has 0 spiro atoms. The second kappa shape index (κ2) is 6.25. The molecule has 0 aromatic rings. The van der Waals surface area contributed by atoms with Crippen molar-refractivity contribution in [3.05, 3.63) is 0 Å². The summed E-state index contributed by atoms with van der Waals surface area (Å²) in [7, 11) is 1.47. The van der Waals surface area contributed by atoms with Gasteiger partial charge in [0.25, 0.3) is 5.91 Å². The zero-order valence-corrected chi connectivity index (χ0v) is 10.2. The largest absolute Gasteiger partial charge is 0.378 e. The molecule has 1 amide bonds. The van der Waals surface area contributed by atoms with Gasteiger partial charge in [0.1, 0.15) is 12.3 Å². The van der Waals surface area contributed by atoms with Gasteiger partial charge in [-0.1, -0.05) is 0 Å². The van der Waals surface area contributed by atoms with Crippen molar-refractivity contribution in [2.75, 3.05) is 20.2 Å². The van der Waals surface area contributed by atoms with E-state index in [1.807, 2.05) is 0 Å². The summed E-state index contributed by atoms with van der Waals surface area (Å²) in [5.74, 6) is -0.334. The highest BCUT2D eigenvalue weighted by Gasteiger charge is 2.33. The molecular weight excluding hydrogens is 227 g/mol. The number of hydrogen-bond acceptors (Lipinski definition) is 5. The van der Waals surface area contributed by atoms with Gasteiger partial charge in [-0.25, -0.2) is 4.39 Å². The van der Waals surface area contributed by atoms with Crippen molar-refractivity contribution in [3.63, 3.8) is 0 Å². The van der Waals surface area contributed by atoms with Crippen molar-refractivity contribution < 1.29 is 13.9 Å². The monoisotopic (exact) mass is 248 g/mol. The predicted molar refractivity (Wildman–Crippen MR) is 61.7 cm³/mol. The van der Waals surface area contributed by atoms with Crippen LogP contribution in [0.5, 0.6) is 0 Å². The Morgan fingerprint density at radius 1 is 1.59 bits per heavy atom. The molecule has 1 rings (SSSR count). The average Bonchev–Trinajstić information content (AvgIpc) is 2.27. The highest BCUT2D eigenvalue weighted by atomic mass is 19.1. The molecule has 0 radical (unpaired) electrons. The molecule has 0 saturated carbocycles. The molecule has 7 heteroatoms. The van der Waals surface area contributed by atoms with Gasteiger partial charge in [0.2, 0.25) is 0 Å². The van der Waals surface area contributed by atoms with Crippen LogP contribution >= 0.6 is 0 Å². The first-order valence-corrected chi connectivity index (χ1v) is 5.68. The lowest BCUT2D eigenvalue weighted by molar-refractivity contribution is -0.138. The highest BCUT2D eigenvalue weighted by Crippen LogP contribution is 2.16. The molecule has 100 valence electrons. The first kappa shape index (κ1) is 14.3. The third-order valence-corrected chi connectivity index (χ3v) is 2.80. The van der Waals surface area contributed by atoms with E-state index in [4.69, 9.17) is 16.2 Å². The molecule has 0 aromatic heterocycles. The number of piperidine rings is 1. The minimum atomic E-state index is -1.17. The summed E-state index contributed by atoms with van der Waals surface area (Å²) >= 11 is 0. The number of nitrogens with zero attached hydrogens (tertiary/aromatic N) is 1. The fourth-order valence-corrected chi connectivity index (χ4v) is 1.90. The lowest BCUT2D eigenvalue weighted by Crippen LogP contribution is -2.59. The van der Waals surface area contributed by atoms with E-state index in [1.165, 1.54) is 12.0 Å². The van der Waals surface area contributed by atoms with Crippen molar-refractivity contribution >= 4 is 5.91 Å². The fraction of sp³-hybridized carbons (Fsp3) is 0.900. The molecule has 2 unspecified atom stereocenters. The van der Waals surface area contributed by atoms with Crippen molar-refractivity contribution in [3.8, 4) is 0 Å². The summed E-state index contributed by atoms with van der Waals surface area (Å²) in [6.45, 7) is 2.15. The molecule has 1 aliphatic heterocycles. The Balaban J connectivity index is 2.49. The summed E-state index contributed by atoms with van der Waals surface area (Å²) in [4.78, 5) is 13.3. The van der Waals surface area contributed by atoms with Gasteiger partial charge in [-0.15, -0.1) is 0 Å². The van der Waals surface area contributed by atoms with Crippen LogP contribution in [0.15, 0.2) is 0 Å². The highest BCUT2D eigenvalue weighted by molar-refractivity contribution is 5.81. The van der Waals surface area contributed by atoms with Crippen LogP contribution in [0, 0.1) is 0 Å². The number of alkyl halides is 1. The van der Waals surface area contributed by atoms with Gasteiger partial charge in [-0.3, -0.25) is 10.1 Å². The Hall–Kier alpha value is -0.760. The van der Waals surface area contributed by atoms with Gasteiger partial charge >= 0.3 is 0 Å². The number of carbonyl (C=O) groups excluding carboxylic acids is 1. The molecule has 1 saturated heterocycles. The Kier molecular flexibility index (Phi) is 5.26. The Morgan fingerprint density at radius 2 is 2.24 bits per heavy atom. The van der Waals surface area contributed by atoms with Crippen molar-refractivity contribution in [1.82, 2.24) is 10.2 Å². The van der Waals surface area contributed by atoms with Crippen LogP contribution in [0.3, 0.4) is 0 Å². The minimum Gasteiger partial charge on any atom is -0.378 e. The maximum atomic E-state index is 13.6. The first-order chi connectivity index (χ1) is 7.95. The van der Waals surface area contributed by atoms with Gasteiger partial charge in [0.15, 0.2) is 0 Å². The second-order valence-corrected chi connectivity index (χ2v) is 4.30. The lowest BCUT2D eigenvalue weighted by atomic mass is 10.1. The van der Waals surface area contributed by atoms with E-state index in [9.17, 15) is 9.18 Å². The number of hydrogen-bond donors (Lipinski definition) is 3. The molecule has 4 atom stereocenters. The van der Waals surface area contributed by atoms with Crippen LogP contribution in [-0.4, -0.2) is 55.6 Å². The quantitative estimate of drug-likeness (QED) is 0.541. The number of amides is 1. The summed E-state index contributed by atoms with van der Waals surface area (Å²) in [5, 5.41) is 2.69. The van der Waals surface area contributed by atoms with Gasteiger partial charge in [-0.2, -0.15) is 0 Å². The van der Waals surface area contributed by atoms with Crippen molar-refractivity contribution in [2.45, 2.75) is 38.0 Å². The predicted octanol–water partition coefficient (Wildman–Crippen LogP) is -1.25. The zero-order chi connectivity index (χ0) is 13.0. The summed E-state index contributed by atoms with van der Waals surface area (Å²) < 4.78 is 18.6. The number of halogens is 1. The van der Waals surface area contributed by atoms with Gasteiger partial charge in [-0.05, 0) is 13.3 Å². The summed E-state index contributed by atoms with van der Waals surface area (Å²) in [6, 6.07) is 0. The minimum absolute atomic E-state index is 0.0195. The molecule has 17 heavy (non-hydrogen) atoms. The number of nitrogens with two attached hydrogens (primary N) is 2. The third-order valence-electron chi connectivity index (χ3n) is 2.80. The second-order valence-electron chi connectivity index (χ2n) is 4.30. The number of ether oxygens (including phenoxy) is 1. The maximum Gasteiger partial charge on any atom is 0.254 e. The van der Waals surface area contributed by atoms with Gasteiger partial charge < -0.3 is 21.1 Å². The van der Waals surface area contributed by atoms with Crippen LogP contribution in [0.1, 0.15) is 13.3 Å². The molecule has 0 bridgehead atoms. The van der Waals surface area contributed by atoms with Crippen LogP contribution in [-0.2, 0) is 9.53 Å². The van der Waals surface area contributed by atoms with Crippen LogP contribution in [0.4, 0.5) is 4.39 Å². The molecule has 6 nitrogen and oxygen atoms in total. The number of rotatable bonds is 4. The van der Waals surface area contributed by atoms with Crippen LogP contribution < -0.4 is 16.8 Å². The molecule has 1 fully saturated rings. The number of methoxy groups -OCH3 is 1. The molecular formula is C10H21FN4O2. The zero-order valence-electron chi connectivity index (χ0n) is 10.2. The standard InChI is InChI=1S/C10H21FN4O2/c1-6(12)14-9(13)10(16)15-4-3-8(17-2)7(11)5-15/h6-9,14H,3-5,12-13H2,1-2H3/t6?,7-,8+,9?/m1/s1. The van der Waals surface area contributed by atoms with Gasteiger partial charge in [0.05, 0.1) is 18.8 Å². The smallest absolute Gasteiger partial charge is 0.254 e. The fourth-order valence-electron chi connectivity index (χ4n) is 1.90. The molecule has 1 aliphatic rings. The van der Waals surface area contributed by atoms with E-state index >= 15 is 0 Å². The van der Waals surface area contributed by atoms with E-state index in [1.54, 1.807) is 6.92 Å². The number of carbonyl (C=O) groups is 1. The Labute approximate surface area is 100 Å². The number of likely N-dealkylation sites (tertiary alicyclic amines) is 1. The molecule has 0 aromatic carbocycles. The maximum absolute atomic E-state index is 13.6. The van der Waals surface area contributed by atoms with E-state index in [0.29, 0.717) is 13.0 Å². The van der Waals surface area contributed by atoms with E-state index < -0.39 is 18.4 Å². The van der Waals surface area contributed by atoms with E-state index in [0.717, 1.165) is 0 Å². The SMILES string of the molecule is CO[C@H]1CCN(C(=O)C(N)NC(C)N)C[C@H]1F. The Bertz CT molecular complexity index is 265. The molecule has 1 heterocycles. The normalized spacial score (nSPS) is 28.9. The third kappa shape index (κ3) is 3.88. The topological polar surface area (TPSA) is 93.6 Å². The summed E-state index contributed by atoms with van der Waals surface area (Å²) in [5.41, 5.74) is 11.1. The Morgan fingerprint density at radius 3 is 2.71 bits per heavy atom. The van der Waals surface area contributed by atoms with E-state index in [2.05, 4.69) is 5.32 Å². The van der Waals surface area contributed by atoms with Crippen molar-refractivity contribution in [1.29, 1.82) is 0 Å². The summed E-state index contributed by atoms with van der Waals surface area (Å²) in [6.07, 6.45) is -2.39. The van der Waals surface area contributed by atoms with Crippen molar-refractivity contribution in [2.24, 2.45) is 11.5 Å². The number of nitrogens with one attached hydrogen (secondary N) is 1. The van der Waals surface area contributed by atoms with Crippen LogP contribution in [0.25, 0.3) is 0 Å².